The first-order valence-corrected chi connectivity index (χ1v) is 12.9. The monoisotopic (exact) mass is 510 g/mol. The van der Waals surface area contributed by atoms with Gasteiger partial charge in [0.15, 0.2) is 5.13 Å². The number of nitrogens with zero attached hydrogens (tertiary/aromatic N) is 3. The van der Waals surface area contributed by atoms with Gasteiger partial charge in [-0.05, 0) is 17.0 Å². The highest BCUT2D eigenvalue weighted by atomic mass is 32.1. The van der Waals surface area contributed by atoms with Crippen molar-refractivity contribution in [3.8, 4) is 28.5 Å². The minimum Gasteiger partial charge on any atom is -0.397 e. The zero-order chi connectivity index (χ0) is 25.4. The smallest absolute Gasteiger partial charge is 0.269 e. The summed E-state index contributed by atoms with van der Waals surface area (Å²) in [5.74, 6) is 0.0861. The number of amides is 1. The number of hydrogen-bond acceptors (Lipinski definition) is 8. The molecule has 5 rings (SSSR count). The summed E-state index contributed by atoms with van der Waals surface area (Å²) in [6.07, 6.45) is 0. The molecule has 0 unspecified atom stereocenters. The molecule has 5 aromatic rings. The lowest BCUT2D eigenvalue weighted by Crippen LogP contribution is -2.11. The Labute approximate surface area is 216 Å². The van der Waals surface area contributed by atoms with Crippen molar-refractivity contribution in [2.45, 2.75) is 19.8 Å². The number of anilines is 3. The number of hydrogen-bond donors (Lipinski definition) is 3. The molecule has 3 heterocycles. The van der Waals surface area contributed by atoms with Crippen LogP contribution in [-0.2, 0) is 0 Å². The van der Waals surface area contributed by atoms with Crippen molar-refractivity contribution in [2.24, 2.45) is 0 Å². The van der Waals surface area contributed by atoms with Gasteiger partial charge in [0.1, 0.15) is 27.2 Å². The number of benzene rings is 2. The minimum absolute atomic E-state index is 0.105. The number of nitriles is 1. The predicted molar refractivity (Wildman–Crippen MR) is 148 cm³/mol. The van der Waals surface area contributed by atoms with Crippen molar-refractivity contribution >= 4 is 55.4 Å². The fourth-order valence-corrected chi connectivity index (χ4v) is 5.72. The van der Waals surface area contributed by atoms with E-state index in [0.717, 1.165) is 28.2 Å². The topological polar surface area (TPSA) is 131 Å². The average Bonchev–Trinajstić information content (AvgIpc) is 3.48. The van der Waals surface area contributed by atoms with E-state index in [4.69, 9.17) is 11.5 Å². The Morgan fingerprint density at radius 3 is 2.42 bits per heavy atom. The van der Waals surface area contributed by atoms with Gasteiger partial charge in [0.2, 0.25) is 0 Å². The summed E-state index contributed by atoms with van der Waals surface area (Å²) in [5, 5.41) is 15.6. The number of nitrogen functional groups attached to an aromatic ring is 2. The normalized spacial score (nSPS) is 11.1. The Morgan fingerprint density at radius 1 is 1.03 bits per heavy atom. The maximum atomic E-state index is 13.2. The van der Waals surface area contributed by atoms with Crippen molar-refractivity contribution in [1.29, 1.82) is 5.26 Å². The van der Waals surface area contributed by atoms with Gasteiger partial charge in [-0.15, -0.1) is 22.7 Å². The van der Waals surface area contributed by atoms with Crippen LogP contribution in [0.1, 0.15) is 40.6 Å². The van der Waals surface area contributed by atoms with Crippen molar-refractivity contribution in [3.63, 3.8) is 0 Å². The summed E-state index contributed by atoms with van der Waals surface area (Å²) in [6.45, 7) is 4.23. The fourth-order valence-electron chi connectivity index (χ4n) is 4.00. The van der Waals surface area contributed by atoms with Crippen LogP contribution in [0.3, 0.4) is 0 Å². The largest absolute Gasteiger partial charge is 0.397 e. The number of nitrogens with two attached hydrogens (primary N) is 2. The van der Waals surface area contributed by atoms with E-state index in [-0.39, 0.29) is 23.0 Å². The van der Waals surface area contributed by atoms with E-state index >= 15 is 0 Å². The Kier molecular flexibility index (Phi) is 6.14. The molecule has 7 nitrogen and oxygen atoms in total. The quantitative estimate of drug-likeness (QED) is 0.247. The molecule has 0 atom stereocenters. The SMILES string of the molecule is CC(C)c1ccc(-c2c(C#N)c(N)nc3sc(C(=O)Nc4nc(-c5ccccc5)cs4)c(N)c23)cc1. The van der Waals surface area contributed by atoms with Gasteiger partial charge >= 0.3 is 0 Å². The molecule has 0 aliphatic heterocycles. The Morgan fingerprint density at radius 2 is 1.75 bits per heavy atom. The number of aromatic nitrogens is 2. The molecule has 3 aromatic heterocycles. The van der Waals surface area contributed by atoms with Crippen LogP contribution in [0.25, 0.3) is 32.6 Å². The standard InChI is InChI=1S/C27H22N6OS2/c1-14(2)15-8-10-17(11-9-15)20-18(12-28)24(30)32-26-21(20)22(29)23(36-26)25(34)33-27-31-19(13-35-27)16-6-4-3-5-7-16/h3-11,13-14H,29H2,1-2H3,(H2,30,32)(H,31,33,34). The van der Waals surface area contributed by atoms with Crippen LogP contribution in [0.2, 0.25) is 0 Å². The number of fused-ring (bicyclic) bond motifs is 1. The zero-order valence-electron chi connectivity index (χ0n) is 19.6. The number of carbonyl (C=O) groups excluding carboxylic acids is 1. The molecular formula is C27H22N6OS2. The Bertz CT molecular complexity index is 1630. The lowest BCUT2D eigenvalue weighted by atomic mass is 9.94. The second kappa shape index (κ2) is 9.41. The first-order valence-electron chi connectivity index (χ1n) is 11.2. The fraction of sp³-hybridized carbons (Fsp3) is 0.111. The van der Waals surface area contributed by atoms with E-state index in [1.165, 1.54) is 16.9 Å². The van der Waals surface area contributed by atoms with Gasteiger partial charge in [0.25, 0.3) is 5.91 Å². The summed E-state index contributed by atoms with van der Waals surface area (Å²) >= 11 is 2.48. The molecule has 36 heavy (non-hydrogen) atoms. The number of thiazole rings is 1. The number of thiophene rings is 1. The lowest BCUT2D eigenvalue weighted by Gasteiger charge is -2.11. The predicted octanol–water partition coefficient (Wildman–Crippen LogP) is 6.50. The first kappa shape index (κ1) is 23.5. The molecule has 5 N–H and O–H groups in total. The molecule has 0 spiro atoms. The van der Waals surface area contributed by atoms with Crippen molar-refractivity contribution in [3.05, 3.63) is 76.0 Å². The summed E-state index contributed by atoms with van der Waals surface area (Å²) in [4.78, 5) is 22.9. The molecule has 0 saturated carbocycles. The molecule has 2 aromatic carbocycles. The van der Waals surface area contributed by atoms with Crippen LogP contribution in [0.4, 0.5) is 16.6 Å². The van der Waals surface area contributed by atoms with E-state index < -0.39 is 0 Å². The second-order valence-electron chi connectivity index (χ2n) is 8.52. The summed E-state index contributed by atoms with van der Waals surface area (Å²) in [6, 6.07) is 19.8. The summed E-state index contributed by atoms with van der Waals surface area (Å²) in [7, 11) is 0. The molecule has 0 saturated heterocycles. The highest BCUT2D eigenvalue weighted by Gasteiger charge is 2.25. The third-order valence-electron chi connectivity index (χ3n) is 5.88. The van der Waals surface area contributed by atoms with Gasteiger partial charge in [-0.25, -0.2) is 9.97 Å². The Balaban J connectivity index is 1.55. The van der Waals surface area contributed by atoms with Crippen molar-refractivity contribution in [2.75, 3.05) is 16.8 Å². The maximum absolute atomic E-state index is 13.2. The van der Waals surface area contributed by atoms with Gasteiger partial charge in [0.05, 0.1) is 11.4 Å². The van der Waals surface area contributed by atoms with E-state index in [1.807, 2.05) is 60.0 Å². The van der Waals surface area contributed by atoms with Crippen LogP contribution < -0.4 is 16.8 Å². The molecular weight excluding hydrogens is 488 g/mol. The van der Waals surface area contributed by atoms with Crippen molar-refractivity contribution in [1.82, 2.24) is 9.97 Å². The third-order valence-corrected chi connectivity index (χ3v) is 7.74. The van der Waals surface area contributed by atoms with Gasteiger partial charge in [-0.3, -0.25) is 10.1 Å². The van der Waals surface area contributed by atoms with Crippen LogP contribution in [0.15, 0.2) is 60.0 Å². The van der Waals surface area contributed by atoms with Gasteiger partial charge < -0.3 is 11.5 Å². The van der Waals surface area contributed by atoms with Gasteiger partial charge in [-0.1, -0.05) is 68.4 Å². The van der Waals surface area contributed by atoms with E-state index in [1.54, 1.807) is 0 Å². The van der Waals surface area contributed by atoms with Gasteiger partial charge in [0, 0.05) is 21.9 Å². The number of rotatable bonds is 5. The number of carbonyl (C=O) groups is 1. The maximum Gasteiger partial charge on any atom is 0.269 e. The molecule has 0 bridgehead atoms. The minimum atomic E-state index is -0.386. The summed E-state index contributed by atoms with van der Waals surface area (Å²) in [5.41, 5.74) is 17.5. The molecule has 0 fully saturated rings. The second-order valence-corrected chi connectivity index (χ2v) is 10.4. The molecule has 0 aliphatic rings. The lowest BCUT2D eigenvalue weighted by molar-refractivity contribution is 0.103. The van der Waals surface area contributed by atoms with E-state index in [2.05, 4.69) is 35.2 Å². The summed E-state index contributed by atoms with van der Waals surface area (Å²) < 4.78 is 0. The zero-order valence-corrected chi connectivity index (χ0v) is 21.2. The van der Waals surface area contributed by atoms with Crippen LogP contribution in [-0.4, -0.2) is 15.9 Å². The van der Waals surface area contributed by atoms with Crippen LogP contribution in [0.5, 0.6) is 0 Å². The molecule has 9 heteroatoms. The number of nitrogens with one attached hydrogen (secondary N) is 1. The van der Waals surface area contributed by atoms with Crippen LogP contribution in [0, 0.1) is 11.3 Å². The van der Waals surface area contributed by atoms with Crippen LogP contribution >= 0.6 is 22.7 Å². The third kappa shape index (κ3) is 4.17. The van der Waals surface area contributed by atoms with E-state index in [9.17, 15) is 10.1 Å². The average molecular weight is 511 g/mol. The molecule has 0 radical (unpaired) electrons. The highest BCUT2D eigenvalue weighted by molar-refractivity contribution is 7.21. The molecule has 1 amide bonds. The molecule has 0 aliphatic carbocycles. The first-order chi connectivity index (χ1) is 17.4. The number of pyridine rings is 1. The Hall–Kier alpha value is -4.26. The van der Waals surface area contributed by atoms with Gasteiger partial charge in [-0.2, -0.15) is 5.26 Å². The molecule has 178 valence electrons. The highest BCUT2D eigenvalue weighted by Crippen LogP contribution is 2.43. The van der Waals surface area contributed by atoms with E-state index in [0.29, 0.717) is 31.7 Å². The van der Waals surface area contributed by atoms with Crippen molar-refractivity contribution < 1.29 is 4.79 Å².